The van der Waals surface area contributed by atoms with Crippen molar-refractivity contribution in [2.75, 3.05) is 24.3 Å². The van der Waals surface area contributed by atoms with Crippen molar-refractivity contribution < 1.29 is 17.9 Å². The van der Waals surface area contributed by atoms with E-state index in [1.54, 1.807) is 57.5 Å². The molecule has 170 valence electrons. The second-order valence-electron chi connectivity index (χ2n) is 7.48. The van der Waals surface area contributed by atoms with Gasteiger partial charge in [-0.05, 0) is 49.7 Å². The Labute approximate surface area is 192 Å². The zero-order valence-electron chi connectivity index (χ0n) is 18.7. The van der Waals surface area contributed by atoms with Gasteiger partial charge in [0.15, 0.2) is 23.1 Å². The molecule has 4 rings (SSSR count). The number of hydrogen-bond acceptors (Lipinski definition) is 7. The summed E-state index contributed by atoms with van der Waals surface area (Å²) in [6.07, 6.45) is 0. The molecule has 9 heteroatoms. The first-order valence-electron chi connectivity index (χ1n) is 10.2. The standard InChI is InChI=1S/C24H24N4O4S/c1-15-9-12-22(16(2)13-15)33(29,30)28-24-23(26-18-7-5-6-8-19(18)27-24)25-17-10-11-20(31-3)21(14-17)32-4/h5-14H,1-4H3,(H,25,26)(H,27,28). The summed E-state index contributed by atoms with van der Waals surface area (Å²) in [6.45, 7) is 3.67. The minimum absolute atomic E-state index is 0.0865. The average Bonchev–Trinajstić information content (AvgIpc) is 2.78. The molecule has 0 saturated carbocycles. The third kappa shape index (κ3) is 4.68. The summed E-state index contributed by atoms with van der Waals surface area (Å²) in [5, 5.41) is 3.15. The maximum atomic E-state index is 13.2. The van der Waals surface area contributed by atoms with Crippen LogP contribution in [0, 0.1) is 13.8 Å². The van der Waals surface area contributed by atoms with Gasteiger partial charge in [0.2, 0.25) is 0 Å². The van der Waals surface area contributed by atoms with Crippen molar-refractivity contribution in [2.45, 2.75) is 18.7 Å². The van der Waals surface area contributed by atoms with Crippen LogP contribution < -0.4 is 19.5 Å². The number of aryl methyl sites for hydroxylation is 2. The summed E-state index contributed by atoms with van der Waals surface area (Å²) in [5.74, 6) is 1.44. The molecular formula is C24H24N4O4S. The number of sulfonamides is 1. The summed E-state index contributed by atoms with van der Waals surface area (Å²) >= 11 is 0. The molecule has 3 aromatic carbocycles. The van der Waals surface area contributed by atoms with Crippen molar-refractivity contribution in [3.63, 3.8) is 0 Å². The zero-order valence-corrected chi connectivity index (χ0v) is 19.5. The van der Waals surface area contributed by atoms with Crippen LogP contribution in [0.15, 0.2) is 65.6 Å². The van der Waals surface area contributed by atoms with Gasteiger partial charge in [0.25, 0.3) is 10.0 Å². The third-order valence-electron chi connectivity index (χ3n) is 5.07. The van der Waals surface area contributed by atoms with Crippen molar-refractivity contribution in [2.24, 2.45) is 0 Å². The number of ether oxygens (including phenoxy) is 2. The van der Waals surface area contributed by atoms with Gasteiger partial charge in [0, 0.05) is 11.8 Å². The lowest BCUT2D eigenvalue weighted by Crippen LogP contribution is -2.17. The van der Waals surface area contributed by atoms with E-state index in [9.17, 15) is 8.42 Å². The van der Waals surface area contributed by atoms with Crippen molar-refractivity contribution in [3.8, 4) is 11.5 Å². The van der Waals surface area contributed by atoms with Crippen molar-refractivity contribution in [1.82, 2.24) is 9.97 Å². The number of nitrogens with zero attached hydrogens (tertiary/aromatic N) is 2. The van der Waals surface area contributed by atoms with Crippen LogP contribution >= 0.6 is 0 Å². The highest BCUT2D eigenvalue weighted by Crippen LogP contribution is 2.33. The van der Waals surface area contributed by atoms with Crippen LogP contribution in [0.5, 0.6) is 11.5 Å². The molecular weight excluding hydrogens is 440 g/mol. The molecule has 0 fully saturated rings. The molecule has 0 aliphatic heterocycles. The molecule has 0 radical (unpaired) electrons. The lowest BCUT2D eigenvalue weighted by atomic mass is 10.2. The largest absolute Gasteiger partial charge is 0.493 e. The van der Waals surface area contributed by atoms with Crippen molar-refractivity contribution >= 4 is 38.4 Å². The number of nitrogens with one attached hydrogen (secondary N) is 2. The van der Waals surface area contributed by atoms with Gasteiger partial charge in [-0.25, -0.2) is 18.4 Å². The number of methoxy groups -OCH3 is 2. The minimum atomic E-state index is -3.90. The smallest absolute Gasteiger partial charge is 0.263 e. The predicted molar refractivity (Wildman–Crippen MR) is 129 cm³/mol. The van der Waals surface area contributed by atoms with Gasteiger partial charge in [-0.2, -0.15) is 0 Å². The van der Waals surface area contributed by atoms with E-state index in [4.69, 9.17) is 9.47 Å². The van der Waals surface area contributed by atoms with Crippen LogP contribution in [0.25, 0.3) is 11.0 Å². The Bertz CT molecular complexity index is 1440. The summed E-state index contributed by atoms with van der Waals surface area (Å²) in [5.41, 5.74) is 3.44. The fraction of sp³-hybridized carbons (Fsp3) is 0.167. The molecule has 0 spiro atoms. The highest BCUT2D eigenvalue weighted by Gasteiger charge is 2.21. The summed E-state index contributed by atoms with van der Waals surface area (Å²) < 4.78 is 39.7. The summed E-state index contributed by atoms with van der Waals surface area (Å²) in [7, 11) is -0.807. The lowest BCUT2D eigenvalue weighted by molar-refractivity contribution is 0.355. The van der Waals surface area contributed by atoms with E-state index >= 15 is 0 Å². The van der Waals surface area contributed by atoms with E-state index in [2.05, 4.69) is 20.0 Å². The topological polar surface area (TPSA) is 102 Å². The number of benzene rings is 3. The monoisotopic (exact) mass is 464 g/mol. The first-order valence-corrected chi connectivity index (χ1v) is 11.6. The zero-order chi connectivity index (χ0) is 23.6. The normalized spacial score (nSPS) is 11.3. The Morgan fingerprint density at radius 3 is 2.09 bits per heavy atom. The van der Waals surface area contributed by atoms with E-state index in [0.29, 0.717) is 33.8 Å². The Morgan fingerprint density at radius 1 is 0.788 bits per heavy atom. The molecule has 4 aromatic rings. The Morgan fingerprint density at radius 2 is 1.45 bits per heavy atom. The van der Waals surface area contributed by atoms with E-state index < -0.39 is 10.0 Å². The first kappa shape index (κ1) is 22.3. The number of hydrogen-bond donors (Lipinski definition) is 2. The molecule has 0 unspecified atom stereocenters. The van der Waals surface area contributed by atoms with Crippen molar-refractivity contribution in [1.29, 1.82) is 0 Å². The number of rotatable bonds is 7. The van der Waals surface area contributed by atoms with Gasteiger partial charge >= 0.3 is 0 Å². The predicted octanol–water partition coefficient (Wildman–Crippen LogP) is 4.81. The Hall–Kier alpha value is -3.85. The van der Waals surface area contributed by atoms with E-state index in [0.717, 1.165) is 5.56 Å². The van der Waals surface area contributed by atoms with E-state index in [-0.39, 0.29) is 16.5 Å². The van der Waals surface area contributed by atoms with Crippen LogP contribution in [0.4, 0.5) is 17.3 Å². The fourth-order valence-electron chi connectivity index (χ4n) is 3.49. The maximum absolute atomic E-state index is 13.2. The molecule has 8 nitrogen and oxygen atoms in total. The van der Waals surface area contributed by atoms with Gasteiger partial charge in [-0.1, -0.05) is 29.8 Å². The summed E-state index contributed by atoms with van der Waals surface area (Å²) in [6, 6.07) is 17.7. The molecule has 2 N–H and O–H groups in total. The first-order chi connectivity index (χ1) is 15.8. The van der Waals surface area contributed by atoms with E-state index in [1.807, 2.05) is 31.2 Å². The minimum Gasteiger partial charge on any atom is -0.493 e. The van der Waals surface area contributed by atoms with Crippen LogP contribution in [0.1, 0.15) is 11.1 Å². The maximum Gasteiger partial charge on any atom is 0.263 e. The molecule has 0 saturated heterocycles. The second kappa shape index (κ2) is 8.95. The molecule has 33 heavy (non-hydrogen) atoms. The number of anilines is 3. The fourth-order valence-corrected chi connectivity index (χ4v) is 4.73. The van der Waals surface area contributed by atoms with E-state index in [1.165, 1.54) is 0 Å². The molecule has 0 aliphatic rings. The number of aromatic nitrogens is 2. The van der Waals surface area contributed by atoms with Crippen molar-refractivity contribution in [3.05, 3.63) is 71.8 Å². The molecule has 0 amide bonds. The molecule has 0 atom stereocenters. The quantitative estimate of drug-likeness (QED) is 0.405. The molecule has 1 aromatic heterocycles. The van der Waals surface area contributed by atoms with Gasteiger partial charge in [-0.3, -0.25) is 4.72 Å². The Kier molecular flexibility index (Phi) is 6.06. The van der Waals surface area contributed by atoms with Gasteiger partial charge < -0.3 is 14.8 Å². The molecule has 1 heterocycles. The molecule has 0 aliphatic carbocycles. The molecule has 0 bridgehead atoms. The Balaban J connectivity index is 1.78. The lowest BCUT2D eigenvalue weighted by Gasteiger charge is -2.16. The van der Waals surface area contributed by atoms with Crippen LogP contribution in [0.2, 0.25) is 0 Å². The highest BCUT2D eigenvalue weighted by molar-refractivity contribution is 7.92. The van der Waals surface area contributed by atoms with Gasteiger partial charge in [-0.15, -0.1) is 0 Å². The van der Waals surface area contributed by atoms with Crippen LogP contribution in [0.3, 0.4) is 0 Å². The summed E-state index contributed by atoms with van der Waals surface area (Å²) in [4.78, 5) is 9.33. The number of para-hydroxylation sites is 2. The number of fused-ring (bicyclic) bond motifs is 1. The van der Waals surface area contributed by atoms with Gasteiger partial charge in [0.1, 0.15) is 0 Å². The second-order valence-corrected chi connectivity index (χ2v) is 9.13. The average molecular weight is 465 g/mol. The SMILES string of the molecule is COc1ccc(Nc2nc3ccccc3nc2NS(=O)(=O)c2ccc(C)cc2C)cc1OC. The third-order valence-corrected chi connectivity index (χ3v) is 6.57. The van der Waals surface area contributed by atoms with Crippen LogP contribution in [-0.2, 0) is 10.0 Å². The van der Waals surface area contributed by atoms with Crippen LogP contribution in [-0.4, -0.2) is 32.6 Å². The highest BCUT2D eigenvalue weighted by atomic mass is 32.2. The van der Waals surface area contributed by atoms with Gasteiger partial charge in [0.05, 0.1) is 30.1 Å².